The lowest BCUT2D eigenvalue weighted by atomic mass is 10.2. The van der Waals surface area contributed by atoms with Crippen molar-refractivity contribution in [1.82, 2.24) is 0 Å². The molecule has 0 saturated heterocycles. The summed E-state index contributed by atoms with van der Waals surface area (Å²) in [5.74, 6) is -0.508. The molecule has 6 heteroatoms. The number of sulfone groups is 1. The van der Waals surface area contributed by atoms with Crippen molar-refractivity contribution in [2.24, 2.45) is 0 Å². The van der Waals surface area contributed by atoms with Crippen molar-refractivity contribution < 1.29 is 18.3 Å². The highest BCUT2D eigenvalue weighted by molar-refractivity contribution is 7.90. The van der Waals surface area contributed by atoms with Gasteiger partial charge in [0.05, 0.1) is 17.1 Å². The summed E-state index contributed by atoms with van der Waals surface area (Å²) in [6.07, 6.45) is 1.06. The highest BCUT2D eigenvalue weighted by Crippen LogP contribution is 2.18. The normalized spacial score (nSPS) is 11.1. The molecule has 0 heterocycles. The van der Waals surface area contributed by atoms with Crippen LogP contribution in [-0.2, 0) is 16.4 Å². The minimum Gasteiger partial charge on any atom is -0.392 e. The van der Waals surface area contributed by atoms with Crippen molar-refractivity contribution in [2.75, 3.05) is 11.6 Å². The van der Waals surface area contributed by atoms with Crippen molar-refractivity contribution in [3.8, 4) is 0 Å². The van der Waals surface area contributed by atoms with Crippen LogP contribution in [0, 0.1) is 0 Å². The second kappa shape index (κ2) is 6.07. The molecule has 110 valence electrons. The monoisotopic (exact) mass is 305 g/mol. The van der Waals surface area contributed by atoms with Gasteiger partial charge in [-0.05, 0) is 29.8 Å². The van der Waals surface area contributed by atoms with Gasteiger partial charge in [0, 0.05) is 11.9 Å². The first-order chi connectivity index (χ1) is 9.91. The van der Waals surface area contributed by atoms with E-state index in [4.69, 9.17) is 5.11 Å². The second-order valence-electron chi connectivity index (χ2n) is 4.58. The highest BCUT2D eigenvalue weighted by Gasteiger charge is 2.18. The Balaban J connectivity index is 2.33. The minimum atomic E-state index is -3.48. The molecule has 0 aliphatic rings. The fourth-order valence-corrected chi connectivity index (χ4v) is 2.81. The van der Waals surface area contributed by atoms with Gasteiger partial charge in [0.15, 0.2) is 9.84 Å². The Bertz CT molecular complexity index is 769. The van der Waals surface area contributed by atoms with Gasteiger partial charge in [-0.3, -0.25) is 4.79 Å². The molecular formula is C15H15NO4S. The third-order valence-corrected chi connectivity index (χ3v) is 4.05. The number of aliphatic hydroxyl groups is 1. The standard InChI is InChI=1S/C15H15NO4S/c1-21(19,20)14-8-3-2-7-13(14)15(18)16-12-6-4-5-11(9-12)10-17/h2-9,17H,10H2,1H3,(H,16,18). The van der Waals surface area contributed by atoms with E-state index in [1.165, 1.54) is 12.1 Å². The van der Waals surface area contributed by atoms with Gasteiger partial charge in [0.2, 0.25) is 0 Å². The minimum absolute atomic E-state index is 0.0131. The molecule has 0 aliphatic carbocycles. The molecule has 0 atom stereocenters. The maximum Gasteiger partial charge on any atom is 0.256 e. The molecule has 0 radical (unpaired) electrons. The van der Waals surface area contributed by atoms with Crippen molar-refractivity contribution in [2.45, 2.75) is 11.5 Å². The maximum absolute atomic E-state index is 12.2. The Labute approximate surface area is 123 Å². The molecular weight excluding hydrogens is 290 g/mol. The van der Waals surface area contributed by atoms with E-state index in [-0.39, 0.29) is 17.1 Å². The molecule has 21 heavy (non-hydrogen) atoms. The zero-order valence-electron chi connectivity index (χ0n) is 11.4. The van der Waals surface area contributed by atoms with Crippen LogP contribution in [0.15, 0.2) is 53.4 Å². The fourth-order valence-electron chi connectivity index (χ4n) is 1.92. The fraction of sp³-hybridized carbons (Fsp3) is 0.133. The Morgan fingerprint density at radius 2 is 1.86 bits per heavy atom. The molecule has 1 amide bonds. The van der Waals surface area contributed by atoms with Crippen LogP contribution in [0.1, 0.15) is 15.9 Å². The number of hydrogen-bond donors (Lipinski definition) is 2. The van der Waals surface area contributed by atoms with Crippen LogP contribution in [-0.4, -0.2) is 25.7 Å². The number of hydrogen-bond acceptors (Lipinski definition) is 4. The van der Waals surface area contributed by atoms with Crippen LogP contribution in [0.5, 0.6) is 0 Å². The lowest BCUT2D eigenvalue weighted by Crippen LogP contribution is -2.16. The SMILES string of the molecule is CS(=O)(=O)c1ccccc1C(=O)Nc1cccc(CO)c1. The first-order valence-corrected chi connectivity index (χ1v) is 8.11. The largest absolute Gasteiger partial charge is 0.392 e. The summed E-state index contributed by atoms with van der Waals surface area (Å²) >= 11 is 0. The first kappa shape index (κ1) is 15.2. The lowest BCUT2D eigenvalue weighted by molar-refractivity contribution is 0.102. The summed E-state index contributed by atoms with van der Waals surface area (Å²) in [5.41, 5.74) is 1.24. The summed E-state index contributed by atoms with van der Waals surface area (Å²) in [5, 5.41) is 11.7. The number of nitrogens with one attached hydrogen (secondary N) is 1. The molecule has 0 fully saturated rings. The van der Waals surface area contributed by atoms with Crippen LogP contribution < -0.4 is 5.32 Å². The van der Waals surface area contributed by atoms with Crippen LogP contribution in [0.25, 0.3) is 0 Å². The molecule has 5 nitrogen and oxygen atoms in total. The predicted octanol–water partition coefficient (Wildman–Crippen LogP) is 1.83. The van der Waals surface area contributed by atoms with Gasteiger partial charge in [-0.25, -0.2) is 8.42 Å². The summed E-state index contributed by atoms with van der Waals surface area (Å²) in [7, 11) is -3.48. The third kappa shape index (κ3) is 3.68. The lowest BCUT2D eigenvalue weighted by Gasteiger charge is -2.09. The second-order valence-corrected chi connectivity index (χ2v) is 6.57. The summed E-state index contributed by atoms with van der Waals surface area (Å²) < 4.78 is 23.4. The molecule has 0 aliphatic heterocycles. The Hall–Kier alpha value is -2.18. The van der Waals surface area contributed by atoms with Gasteiger partial charge >= 0.3 is 0 Å². The molecule has 0 spiro atoms. The zero-order valence-corrected chi connectivity index (χ0v) is 12.2. The number of aliphatic hydroxyl groups excluding tert-OH is 1. The predicted molar refractivity (Wildman–Crippen MR) is 79.9 cm³/mol. The third-order valence-electron chi connectivity index (χ3n) is 2.90. The topological polar surface area (TPSA) is 83.5 Å². The Kier molecular flexibility index (Phi) is 4.40. The summed E-state index contributed by atoms with van der Waals surface area (Å²) in [6.45, 7) is -0.135. The van der Waals surface area contributed by atoms with Crippen molar-refractivity contribution in [1.29, 1.82) is 0 Å². The Morgan fingerprint density at radius 1 is 1.14 bits per heavy atom. The van der Waals surface area contributed by atoms with E-state index < -0.39 is 15.7 Å². The van der Waals surface area contributed by atoms with Gasteiger partial charge in [0.1, 0.15) is 0 Å². The van der Waals surface area contributed by atoms with E-state index in [0.29, 0.717) is 11.3 Å². The number of carbonyl (C=O) groups is 1. The van der Waals surface area contributed by atoms with Crippen molar-refractivity contribution in [3.05, 3.63) is 59.7 Å². The summed E-state index contributed by atoms with van der Waals surface area (Å²) in [4.78, 5) is 12.2. The van der Waals surface area contributed by atoms with Crippen molar-refractivity contribution in [3.63, 3.8) is 0 Å². The zero-order chi connectivity index (χ0) is 15.5. The average Bonchev–Trinajstić information content (AvgIpc) is 2.46. The number of carbonyl (C=O) groups excluding carboxylic acids is 1. The number of benzene rings is 2. The molecule has 2 aromatic carbocycles. The molecule has 2 N–H and O–H groups in total. The van der Waals surface area contributed by atoms with Crippen molar-refractivity contribution >= 4 is 21.4 Å². The van der Waals surface area contributed by atoms with Crippen LogP contribution in [0.2, 0.25) is 0 Å². The van der Waals surface area contributed by atoms with Gasteiger partial charge in [-0.2, -0.15) is 0 Å². The van der Waals surface area contributed by atoms with Crippen LogP contribution in [0.3, 0.4) is 0 Å². The number of rotatable bonds is 4. The van der Waals surface area contributed by atoms with Gasteiger partial charge in [-0.15, -0.1) is 0 Å². The van der Waals surface area contributed by atoms with Gasteiger partial charge in [-0.1, -0.05) is 24.3 Å². The van der Waals surface area contributed by atoms with Crippen LogP contribution in [0.4, 0.5) is 5.69 Å². The maximum atomic E-state index is 12.2. The van der Waals surface area contributed by atoms with Crippen LogP contribution >= 0.6 is 0 Å². The number of amides is 1. The molecule has 2 aromatic rings. The number of anilines is 1. The van der Waals surface area contributed by atoms with E-state index in [0.717, 1.165) is 6.26 Å². The van der Waals surface area contributed by atoms with Gasteiger partial charge in [0.25, 0.3) is 5.91 Å². The summed E-state index contributed by atoms with van der Waals surface area (Å²) in [6, 6.07) is 12.7. The van der Waals surface area contributed by atoms with E-state index >= 15 is 0 Å². The Morgan fingerprint density at radius 3 is 2.52 bits per heavy atom. The highest BCUT2D eigenvalue weighted by atomic mass is 32.2. The molecule has 0 saturated carbocycles. The molecule has 0 unspecified atom stereocenters. The van der Waals surface area contributed by atoms with E-state index in [1.807, 2.05) is 0 Å². The average molecular weight is 305 g/mol. The molecule has 2 rings (SSSR count). The first-order valence-electron chi connectivity index (χ1n) is 6.22. The molecule has 0 aromatic heterocycles. The van der Waals surface area contributed by atoms with E-state index in [9.17, 15) is 13.2 Å². The smallest absolute Gasteiger partial charge is 0.256 e. The van der Waals surface area contributed by atoms with E-state index in [1.54, 1.807) is 36.4 Å². The van der Waals surface area contributed by atoms with Gasteiger partial charge < -0.3 is 10.4 Å². The molecule has 0 bridgehead atoms. The van der Waals surface area contributed by atoms with E-state index in [2.05, 4.69) is 5.32 Å². The quantitative estimate of drug-likeness (QED) is 0.902.